The first-order valence-corrected chi connectivity index (χ1v) is 6.26. The summed E-state index contributed by atoms with van der Waals surface area (Å²) < 4.78 is 0. The second kappa shape index (κ2) is 4.92. The molecular formula is C11H10Cl3NO2. The van der Waals surface area contributed by atoms with Crippen molar-refractivity contribution in [3.8, 4) is 0 Å². The van der Waals surface area contributed by atoms with Crippen molar-refractivity contribution in [1.82, 2.24) is 0 Å². The number of anilines is 1. The van der Waals surface area contributed by atoms with E-state index in [9.17, 15) is 4.79 Å². The van der Waals surface area contributed by atoms with Gasteiger partial charge < -0.3 is 10.4 Å². The molecule has 6 heteroatoms. The second-order valence-corrected chi connectivity index (χ2v) is 5.24. The fourth-order valence-corrected chi connectivity index (χ4v) is 2.40. The lowest BCUT2D eigenvalue weighted by Crippen LogP contribution is -2.43. The Kier molecular flexibility index (Phi) is 3.71. The van der Waals surface area contributed by atoms with Crippen LogP contribution in [0.2, 0.25) is 15.1 Å². The zero-order chi connectivity index (χ0) is 12.6. The quantitative estimate of drug-likeness (QED) is 0.831. The molecule has 2 unspecified atom stereocenters. The van der Waals surface area contributed by atoms with Gasteiger partial charge in [-0.25, -0.2) is 0 Å². The molecular weight excluding hydrogens is 284 g/mol. The zero-order valence-corrected chi connectivity index (χ0v) is 11.0. The van der Waals surface area contributed by atoms with Crippen molar-refractivity contribution < 1.29 is 9.90 Å². The summed E-state index contributed by atoms with van der Waals surface area (Å²) in [4.78, 5) is 10.9. The molecule has 1 aromatic rings. The SMILES string of the molecule is O=C(O)C1CCC1Nc1cc(Cl)c(Cl)cc1Cl. The molecule has 1 aliphatic rings. The van der Waals surface area contributed by atoms with Gasteiger partial charge in [-0.1, -0.05) is 34.8 Å². The van der Waals surface area contributed by atoms with Gasteiger partial charge in [-0.05, 0) is 25.0 Å². The number of carboxylic acid groups (broad SMARTS) is 1. The van der Waals surface area contributed by atoms with Crippen LogP contribution in [-0.4, -0.2) is 17.1 Å². The molecule has 0 amide bonds. The molecule has 0 heterocycles. The molecule has 0 bridgehead atoms. The molecule has 2 rings (SSSR count). The smallest absolute Gasteiger partial charge is 0.308 e. The molecule has 0 saturated heterocycles. The Morgan fingerprint density at radius 3 is 2.35 bits per heavy atom. The summed E-state index contributed by atoms with van der Waals surface area (Å²) in [6, 6.07) is 3.06. The van der Waals surface area contributed by atoms with Crippen LogP contribution in [-0.2, 0) is 4.79 Å². The first-order chi connectivity index (χ1) is 7.99. The Balaban J connectivity index is 2.14. The highest BCUT2D eigenvalue weighted by Crippen LogP contribution is 2.36. The average molecular weight is 295 g/mol. The lowest BCUT2D eigenvalue weighted by Gasteiger charge is -2.35. The maximum absolute atomic E-state index is 10.9. The molecule has 0 aromatic heterocycles. The van der Waals surface area contributed by atoms with E-state index in [-0.39, 0.29) is 12.0 Å². The Bertz CT molecular complexity index is 464. The first-order valence-electron chi connectivity index (χ1n) is 5.13. The van der Waals surface area contributed by atoms with Gasteiger partial charge in [0.2, 0.25) is 0 Å². The molecule has 0 radical (unpaired) electrons. The molecule has 3 nitrogen and oxygen atoms in total. The van der Waals surface area contributed by atoms with Crippen LogP contribution in [0, 0.1) is 5.92 Å². The van der Waals surface area contributed by atoms with Crippen LogP contribution >= 0.6 is 34.8 Å². The minimum Gasteiger partial charge on any atom is -0.481 e. The van der Waals surface area contributed by atoms with E-state index < -0.39 is 5.97 Å². The van der Waals surface area contributed by atoms with Crippen molar-refractivity contribution in [2.24, 2.45) is 5.92 Å². The van der Waals surface area contributed by atoms with Crippen molar-refractivity contribution >= 4 is 46.5 Å². The third kappa shape index (κ3) is 2.62. The number of hydrogen-bond acceptors (Lipinski definition) is 2. The van der Waals surface area contributed by atoms with Crippen molar-refractivity contribution in [3.63, 3.8) is 0 Å². The van der Waals surface area contributed by atoms with Crippen molar-refractivity contribution in [3.05, 3.63) is 27.2 Å². The van der Waals surface area contributed by atoms with Crippen LogP contribution in [0.3, 0.4) is 0 Å². The molecule has 0 spiro atoms. The van der Waals surface area contributed by atoms with Crippen molar-refractivity contribution in [1.29, 1.82) is 0 Å². The normalized spacial score (nSPS) is 23.0. The van der Waals surface area contributed by atoms with E-state index in [4.69, 9.17) is 39.9 Å². The maximum Gasteiger partial charge on any atom is 0.308 e. The van der Waals surface area contributed by atoms with Gasteiger partial charge in [0.05, 0.1) is 26.7 Å². The van der Waals surface area contributed by atoms with Gasteiger partial charge in [-0.15, -0.1) is 0 Å². The summed E-state index contributed by atoms with van der Waals surface area (Å²) >= 11 is 17.7. The molecule has 17 heavy (non-hydrogen) atoms. The molecule has 2 N–H and O–H groups in total. The largest absolute Gasteiger partial charge is 0.481 e. The van der Waals surface area contributed by atoms with Crippen LogP contribution in [0.25, 0.3) is 0 Å². The van der Waals surface area contributed by atoms with Gasteiger partial charge in [-0.3, -0.25) is 4.79 Å². The van der Waals surface area contributed by atoms with E-state index in [1.165, 1.54) is 0 Å². The highest BCUT2D eigenvalue weighted by atomic mass is 35.5. The second-order valence-electron chi connectivity index (χ2n) is 4.02. The van der Waals surface area contributed by atoms with E-state index in [0.29, 0.717) is 27.2 Å². The van der Waals surface area contributed by atoms with E-state index >= 15 is 0 Å². The van der Waals surface area contributed by atoms with Gasteiger partial charge in [0.1, 0.15) is 0 Å². The molecule has 2 atom stereocenters. The maximum atomic E-state index is 10.9. The third-order valence-electron chi connectivity index (χ3n) is 2.94. The average Bonchev–Trinajstić information content (AvgIpc) is 2.18. The number of rotatable bonds is 3. The molecule has 1 aliphatic carbocycles. The Labute approximate surface area is 114 Å². The standard InChI is InChI=1S/C11H10Cl3NO2/c12-6-3-8(14)10(4-7(6)13)15-9-2-1-5(9)11(16)17/h3-5,9,15H,1-2H2,(H,16,17). The van der Waals surface area contributed by atoms with Crippen molar-refractivity contribution in [2.45, 2.75) is 18.9 Å². The van der Waals surface area contributed by atoms with E-state index in [1.54, 1.807) is 12.1 Å². The summed E-state index contributed by atoms with van der Waals surface area (Å²) in [5, 5.41) is 13.2. The topological polar surface area (TPSA) is 49.3 Å². The summed E-state index contributed by atoms with van der Waals surface area (Å²) in [6.07, 6.45) is 1.50. The lowest BCUT2D eigenvalue weighted by atomic mass is 9.79. The number of benzene rings is 1. The molecule has 1 aromatic carbocycles. The van der Waals surface area contributed by atoms with Gasteiger partial charge in [-0.2, -0.15) is 0 Å². The van der Waals surface area contributed by atoms with Gasteiger partial charge in [0.25, 0.3) is 0 Å². The number of nitrogens with one attached hydrogen (secondary N) is 1. The minimum absolute atomic E-state index is 0.0951. The number of hydrogen-bond donors (Lipinski definition) is 2. The Hall–Kier alpha value is -0.640. The fourth-order valence-electron chi connectivity index (χ4n) is 1.80. The first kappa shape index (κ1) is 12.8. The third-order valence-corrected chi connectivity index (χ3v) is 3.98. The lowest BCUT2D eigenvalue weighted by molar-refractivity contribution is -0.144. The Morgan fingerprint density at radius 2 is 1.82 bits per heavy atom. The van der Waals surface area contributed by atoms with Gasteiger partial charge >= 0.3 is 5.97 Å². The Morgan fingerprint density at radius 1 is 1.18 bits per heavy atom. The van der Waals surface area contributed by atoms with Gasteiger partial charge in [0, 0.05) is 6.04 Å². The van der Waals surface area contributed by atoms with Crippen LogP contribution in [0.1, 0.15) is 12.8 Å². The highest BCUT2D eigenvalue weighted by molar-refractivity contribution is 6.44. The monoisotopic (exact) mass is 293 g/mol. The molecule has 0 aliphatic heterocycles. The van der Waals surface area contributed by atoms with Crippen LogP contribution < -0.4 is 5.32 Å². The fraction of sp³-hybridized carbons (Fsp3) is 0.364. The summed E-state index contributed by atoms with van der Waals surface area (Å²) in [7, 11) is 0. The minimum atomic E-state index is -0.787. The van der Waals surface area contributed by atoms with Crippen LogP contribution in [0.4, 0.5) is 5.69 Å². The number of aliphatic carboxylic acids is 1. The molecule has 1 saturated carbocycles. The van der Waals surface area contributed by atoms with Gasteiger partial charge in [0.15, 0.2) is 0 Å². The molecule has 1 fully saturated rings. The highest BCUT2D eigenvalue weighted by Gasteiger charge is 2.36. The van der Waals surface area contributed by atoms with Crippen LogP contribution in [0.5, 0.6) is 0 Å². The van der Waals surface area contributed by atoms with E-state index in [1.807, 2.05) is 0 Å². The number of carbonyl (C=O) groups is 1. The predicted molar refractivity (Wildman–Crippen MR) is 69.2 cm³/mol. The summed E-state index contributed by atoms with van der Waals surface area (Å²) in [6.45, 7) is 0. The van der Waals surface area contributed by atoms with E-state index in [2.05, 4.69) is 5.32 Å². The van der Waals surface area contributed by atoms with Crippen molar-refractivity contribution in [2.75, 3.05) is 5.32 Å². The van der Waals surface area contributed by atoms with Crippen LogP contribution in [0.15, 0.2) is 12.1 Å². The number of carboxylic acids is 1. The summed E-state index contributed by atoms with van der Waals surface area (Å²) in [5.74, 6) is -1.15. The zero-order valence-electron chi connectivity index (χ0n) is 8.71. The summed E-state index contributed by atoms with van der Waals surface area (Å²) in [5.41, 5.74) is 0.622. The number of halogens is 3. The molecule has 92 valence electrons. The van der Waals surface area contributed by atoms with E-state index in [0.717, 1.165) is 6.42 Å². The predicted octanol–water partition coefficient (Wildman–Crippen LogP) is 3.92.